The lowest BCUT2D eigenvalue weighted by Gasteiger charge is -2.36. The molecule has 1 amide bonds. The molecule has 1 aromatic heterocycles. The molecule has 0 saturated carbocycles. The van der Waals surface area contributed by atoms with Crippen LogP contribution in [0.25, 0.3) is 0 Å². The van der Waals surface area contributed by atoms with Crippen LogP contribution in [-0.2, 0) is 6.54 Å². The number of aliphatic hydroxyl groups is 1. The molecule has 1 atom stereocenters. The van der Waals surface area contributed by atoms with E-state index in [9.17, 15) is 20.0 Å². The lowest BCUT2D eigenvalue weighted by molar-refractivity contribution is -0.384. The molecule has 1 aliphatic rings. The highest BCUT2D eigenvalue weighted by atomic mass is 16.6. The first kappa shape index (κ1) is 15.5. The Hall–Kier alpha value is -1.89. The monoisotopic (exact) mass is 295 g/mol. The highest BCUT2D eigenvalue weighted by Crippen LogP contribution is 2.24. The van der Waals surface area contributed by atoms with Crippen molar-refractivity contribution in [1.82, 2.24) is 9.47 Å². The van der Waals surface area contributed by atoms with Crippen LogP contribution in [0.15, 0.2) is 12.3 Å². The number of amides is 1. The number of likely N-dealkylation sites (tertiary alicyclic amines) is 1. The van der Waals surface area contributed by atoms with Crippen molar-refractivity contribution in [3.8, 4) is 0 Å². The first-order chi connectivity index (χ1) is 9.84. The van der Waals surface area contributed by atoms with Crippen LogP contribution in [0, 0.1) is 10.1 Å². The van der Waals surface area contributed by atoms with Crippen molar-refractivity contribution in [2.75, 3.05) is 13.1 Å². The fraction of sp³-hybridized carbons (Fsp3) is 0.643. The summed E-state index contributed by atoms with van der Waals surface area (Å²) in [7, 11) is 0. The van der Waals surface area contributed by atoms with Crippen molar-refractivity contribution in [2.24, 2.45) is 0 Å². The van der Waals surface area contributed by atoms with E-state index in [1.807, 2.05) is 6.92 Å². The molecule has 21 heavy (non-hydrogen) atoms. The van der Waals surface area contributed by atoms with Crippen LogP contribution >= 0.6 is 0 Å². The summed E-state index contributed by atoms with van der Waals surface area (Å²) in [5.74, 6) is -0.253. The first-order valence-corrected chi connectivity index (χ1v) is 7.20. The predicted molar refractivity (Wildman–Crippen MR) is 77.1 cm³/mol. The Kier molecular flexibility index (Phi) is 4.32. The second kappa shape index (κ2) is 5.85. The van der Waals surface area contributed by atoms with Gasteiger partial charge >= 0.3 is 0 Å². The molecule has 1 fully saturated rings. The van der Waals surface area contributed by atoms with Crippen LogP contribution in [0.1, 0.15) is 43.6 Å². The van der Waals surface area contributed by atoms with Gasteiger partial charge in [0, 0.05) is 25.7 Å². The van der Waals surface area contributed by atoms with Gasteiger partial charge < -0.3 is 14.6 Å². The van der Waals surface area contributed by atoms with E-state index < -0.39 is 10.5 Å². The van der Waals surface area contributed by atoms with Crippen LogP contribution in [-0.4, -0.2) is 44.1 Å². The molecule has 1 aromatic rings. The number of aryl methyl sites for hydroxylation is 1. The number of rotatable bonds is 4. The molecular weight excluding hydrogens is 274 g/mol. The van der Waals surface area contributed by atoms with Crippen molar-refractivity contribution in [1.29, 1.82) is 0 Å². The van der Waals surface area contributed by atoms with Gasteiger partial charge in [-0.25, -0.2) is 0 Å². The maximum absolute atomic E-state index is 12.6. The zero-order valence-corrected chi connectivity index (χ0v) is 12.4. The van der Waals surface area contributed by atoms with Gasteiger partial charge in [-0.05, 0) is 26.2 Å². The van der Waals surface area contributed by atoms with Gasteiger partial charge in [-0.1, -0.05) is 6.92 Å². The number of hydrogen-bond acceptors (Lipinski definition) is 4. The molecule has 1 aliphatic heterocycles. The van der Waals surface area contributed by atoms with Crippen molar-refractivity contribution in [3.05, 3.63) is 28.1 Å². The standard InChI is InChI=1S/C14H21N3O4/c1-3-6-15-9-11(17(20)21)8-12(15)13(18)16-7-4-5-14(2,19)10-16/h8-9,19H,3-7,10H2,1-2H3. The molecule has 7 nitrogen and oxygen atoms in total. The van der Waals surface area contributed by atoms with Gasteiger partial charge in [-0.2, -0.15) is 0 Å². The summed E-state index contributed by atoms with van der Waals surface area (Å²) in [6.45, 7) is 5.04. The molecule has 1 saturated heterocycles. The molecule has 2 heterocycles. The number of piperidine rings is 1. The summed E-state index contributed by atoms with van der Waals surface area (Å²) >= 11 is 0. The average molecular weight is 295 g/mol. The van der Waals surface area contributed by atoms with Gasteiger partial charge in [-0.15, -0.1) is 0 Å². The van der Waals surface area contributed by atoms with Crippen LogP contribution in [0.5, 0.6) is 0 Å². The minimum absolute atomic E-state index is 0.0735. The molecule has 0 spiro atoms. The zero-order chi connectivity index (χ0) is 15.6. The zero-order valence-electron chi connectivity index (χ0n) is 12.4. The maximum atomic E-state index is 12.6. The third kappa shape index (κ3) is 3.41. The Morgan fingerprint density at radius 1 is 1.57 bits per heavy atom. The minimum Gasteiger partial charge on any atom is -0.388 e. The van der Waals surface area contributed by atoms with E-state index in [2.05, 4.69) is 0 Å². The number of carbonyl (C=O) groups excluding carboxylic acids is 1. The maximum Gasteiger partial charge on any atom is 0.287 e. The van der Waals surface area contributed by atoms with Crippen molar-refractivity contribution in [2.45, 2.75) is 45.3 Å². The van der Waals surface area contributed by atoms with Gasteiger partial charge in [0.15, 0.2) is 0 Å². The summed E-state index contributed by atoms with van der Waals surface area (Å²) in [4.78, 5) is 24.6. The van der Waals surface area contributed by atoms with Crippen molar-refractivity contribution >= 4 is 11.6 Å². The molecular formula is C14H21N3O4. The normalized spacial score (nSPS) is 22.3. The van der Waals surface area contributed by atoms with E-state index in [1.165, 1.54) is 12.3 Å². The molecule has 0 bridgehead atoms. The Bertz CT molecular complexity index is 550. The number of aromatic nitrogens is 1. The van der Waals surface area contributed by atoms with E-state index in [-0.39, 0.29) is 18.1 Å². The van der Waals surface area contributed by atoms with E-state index in [0.717, 1.165) is 12.8 Å². The number of hydrogen-bond donors (Lipinski definition) is 1. The van der Waals surface area contributed by atoms with Gasteiger partial charge in [0.25, 0.3) is 11.6 Å². The van der Waals surface area contributed by atoms with E-state index in [4.69, 9.17) is 0 Å². The molecule has 1 N–H and O–H groups in total. The minimum atomic E-state index is -0.887. The first-order valence-electron chi connectivity index (χ1n) is 7.20. The van der Waals surface area contributed by atoms with Crippen LogP contribution in [0.3, 0.4) is 0 Å². The molecule has 0 radical (unpaired) electrons. The van der Waals surface area contributed by atoms with Crippen LogP contribution < -0.4 is 0 Å². The van der Waals surface area contributed by atoms with Crippen LogP contribution in [0.4, 0.5) is 5.69 Å². The summed E-state index contributed by atoms with van der Waals surface area (Å²) in [6, 6.07) is 1.32. The number of β-amino-alcohol motifs (C(OH)–C–C–N with tert-alkyl or cyclic N) is 1. The molecule has 7 heteroatoms. The Morgan fingerprint density at radius 3 is 2.86 bits per heavy atom. The molecule has 2 rings (SSSR count). The smallest absolute Gasteiger partial charge is 0.287 e. The third-order valence-electron chi connectivity index (χ3n) is 3.74. The van der Waals surface area contributed by atoms with Crippen molar-refractivity contribution < 1.29 is 14.8 Å². The average Bonchev–Trinajstić information content (AvgIpc) is 2.81. The lowest BCUT2D eigenvalue weighted by Crippen LogP contribution is -2.48. The summed E-state index contributed by atoms with van der Waals surface area (Å²) in [5.41, 5.74) is -0.640. The topological polar surface area (TPSA) is 88.6 Å². The summed E-state index contributed by atoms with van der Waals surface area (Å²) in [5, 5.41) is 21.0. The Labute approximate surface area is 123 Å². The summed E-state index contributed by atoms with van der Waals surface area (Å²) < 4.78 is 1.63. The molecule has 116 valence electrons. The molecule has 0 aliphatic carbocycles. The highest BCUT2D eigenvalue weighted by Gasteiger charge is 2.33. The second-order valence-corrected chi connectivity index (χ2v) is 5.86. The number of nitrogens with zero attached hydrogens (tertiary/aromatic N) is 3. The van der Waals surface area contributed by atoms with Gasteiger partial charge in [-0.3, -0.25) is 14.9 Å². The highest BCUT2D eigenvalue weighted by molar-refractivity contribution is 5.93. The predicted octanol–water partition coefficient (Wildman–Crippen LogP) is 1.79. The van der Waals surface area contributed by atoms with Gasteiger partial charge in [0.05, 0.1) is 16.7 Å². The lowest BCUT2D eigenvalue weighted by atomic mass is 9.95. The Balaban J connectivity index is 2.27. The third-order valence-corrected chi connectivity index (χ3v) is 3.74. The quantitative estimate of drug-likeness (QED) is 0.677. The number of nitro groups is 1. The molecule has 0 aromatic carbocycles. The SMILES string of the molecule is CCCn1cc([N+](=O)[O-])cc1C(=O)N1CCCC(C)(O)C1. The van der Waals surface area contributed by atoms with Crippen molar-refractivity contribution in [3.63, 3.8) is 0 Å². The molecule has 1 unspecified atom stereocenters. The summed E-state index contributed by atoms with van der Waals surface area (Å²) in [6.07, 6.45) is 3.57. The fourth-order valence-corrected chi connectivity index (χ4v) is 2.76. The van der Waals surface area contributed by atoms with E-state index >= 15 is 0 Å². The van der Waals surface area contributed by atoms with Gasteiger partial charge in [0.1, 0.15) is 5.69 Å². The van der Waals surface area contributed by atoms with Gasteiger partial charge in [0.2, 0.25) is 0 Å². The Morgan fingerprint density at radius 2 is 2.29 bits per heavy atom. The van der Waals surface area contributed by atoms with E-state index in [0.29, 0.717) is 25.2 Å². The second-order valence-electron chi connectivity index (χ2n) is 5.86. The largest absolute Gasteiger partial charge is 0.388 e. The van der Waals surface area contributed by atoms with E-state index in [1.54, 1.807) is 16.4 Å². The number of carbonyl (C=O) groups is 1. The van der Waals surface area contributed by atoms with Crippen LogP contribution in [0.2, 0.25) is 0 Å². The fourth-order valence-electron chi connectivity index (χ4n) is 2.76.